The Labute approximate surface area is 168 Å². The number of H-pyrrole nitrogens is 1. The number of hydrogen-bond acceptors (Lipinski definition) is 3. The molecule has 0 aromatic carbocycles. The third kappa shape index (κ3) is 4.65. The van der Waals surface area contributed by atoms with Gasteiger partial charge in [-0.25, -0.2) is 0 Å². The number of ether oxygens (including phenoxy) is 1. The number of hydrogen-bond donors (Lipinski definition) is 1. The molecule has 4 heteroatoms. The SMILES string of the molecule is CCC(C)C(=O)OC1CC(C)C=C2C=CC(C)C(CCc3cccc(=O)[nH]3)C21. The largest absolute Gasteiger partial charge is 0.461 e. The number of aromatic amines is 1. The summed E-state index contributed by atoms with van der Waals surface area (Å²) in [5.41, 5.74) is 2.23. The zero-order valence-corrected chi connectivity index (χ0v) is 17.5. The molecule has 2 aliphatic rings. The molecular formula is C24H33NO3. The van der Waals surface area contributed by atoms with E-state index in [-0.39, 0.29) is 29.5 Å². The van der Waals surface area contributed by atoms with Gasteiger partial charge in [0.25, 0.3) is 0 Å². The van der Waals surface area contributed by atoms with E-state index in [1.165, 1.54) is 5.57 Å². The van der Waals surface area contributed by atoms with Crippen molar-refractivity contribution in [3.63, 3.8) is 0 Å². The predicted octanol–water partition coefficient (Wildman–Crippen LogP) is 4.67. The van der Waals surface area contributed by atoms with Gasteiger partial charge in [-0.1, -0.05) is 52.0 Å². The molecule has 0 radical (unpaired) electrons. The number of nitrogens with one attached hydrogen (secondary N) is 1. The van der Waals surface area contributed by atoms with Crippen LogP contribution in [0, 0.1) is 29.6 Å². The first kappa shape index (κ1) is 20.6. The van der Waals surface area contributed by atoms with Crippen molar-refractivity contribution in [3.05, 3.63) is 58.0 Å². The molecule has 0 aliphatic heterocycles. The van der Waals surface area contributed by atoms with Gasteiger partial charge in [0, 0.05) is 17.7 Å². The quantitative estimate of drug-likeness (QED) is 0.726. The van der Waals surface area contributed by atoms with Gasteiger partial charge < -0.3 is 9.72 Å². The van der Waals surface area contributed by atoms with Crippen LogP contribution in [0.4, 0.5) is 0 Å². The summed E-state index contributed by atoms with van der Waals surface area (Å²) < 4.78 is 6.06. The first-order valence-electron chi connectivity index (χ1n) is 10.7. The molecule has 1 aromatic rings. The number of carbonyl (C=O) groups excluding carboxylic acids is 1. The Bertz CT molecular complexity index is 806. The summed E-state index contributed by atoms with van der Waals surface area (Å²) in [4.78, 5) is 27.1. The molecule has 152 valence electrons. The molecule has 0 fully saturated rings. The molecule has 3 rings (SSSR count). The van der Waals surface area contributed by atoms with Crippen LogP contribution in [-0.4, -0.2) is 17.1 Å². The van der Waals surface area contributed by atoms with Crippen LogP contribution in [0.2, 0.25) is 0 Å². The number of carbonyl (C=O) groups is 1. The first-order valence-corrected chi connectivity index (χ1v) is 10.7. The second-order valence-electron chi connectivity index (χ2n) is 8.65. The smallest absolute Gasteiger partial charge is 0.308 e. The van der Waals surface area contributed by atoms with Crippen molar-refractivity contribution < 1.29 is 9.53 Å². The molecule has 0 saturated heterocycles. The van der Waals surface area contributed by atoms with Crippen molar-refractivity contribution in [2.75, 3.05) is 0 Å². The van der Waals surface area contributed by atoms with E-state index in [9.17, 15) is 9.59 Å². The first-order chi connectivity index (χ1) is 13.4. The third-order valence-corrected chi connectivity index (χ3v) is 6.45. The third-order valence-electron chi connectivity index (χ3n) is 6.45. The maximum absolute atomic E-state index is 12.5. The summed E-state index contributed by atoms with van der Waals surface area (Å²) in [5, 5.41) is 0. The van der Waals surface area contributed by atoms with Crippen molar-refractivity contribution >= 4 is 5.97 Å². The van der Waals surface area contributed by atoms with Crippen LogP contribution in [-0.2, 0) is 16.0 Å². The Kier molecular flexibility index (Phi) is 6.58. The van der Waals surface area contributed by atoms with E-state index in [4.69, 9.17) is 4.74 Å². The summed E-state index contributed by atoms with van der Waals surface area (Å²) in [7, 11) is 0. The molecule has 0 bridgehead atoms. The van der Waals surface area contributed by atoms with Crippen LogP contribution in [0.25, 0.3) is 0 Å². The van der Waals surface area contributed by atoms with E-state index in [1.807, 2.05) is 26.0 Å². The van der Waals surface area contributed by atoms with E-state index in [0.717, 1.165) is 31.4 Å². The standard InChI is InChI=1S/C24H33NO3/c1-5-16(3)24(27)28-21-14-15(2)13-18-10-9-17(4)20(23(18)21)12-11-19-7-6-8-22(26)25-19/h6-10,13,15-17,20-21,23H,5,11-12,14H2,1-4H3,(H,25,26). The molecule has 0 amide bonds. The van der Waals surface area contributed by atoms with Crippen molar-refractivity contribution in [2.24, 2.45) is 29.6 Å². The highest BCUT2D eigenvalue weighted by Gasteiger charge is 2.41. The monoisotopic (exact) mass is 383 g/mol. The lowest BCUT2D eigenvalue weighted by Gasteiger charge is -2.43. The Morgan fingerprint density at radius 3 is 2.82 bits per heavy atom. The predicted molar refractivity (Wildman–Crippen MR) is 112 cm³/mol. The van der Waals surface area contributed by atoms with Crippen molar-refractivity contribution in [1.82, 2.24) is 4.98 Å². The lowest BCUT2D eigenvalue weighted by Crippen LogP contribution is -2.41. The highest BCUT2D eigenvalue weighted by molar-refractivity contribution is 5.72. The number of pyridine rings is 1. The Hall–Kier alpha value is -2.10. The number of allylic oxidation sites excluding steroid dienone is 3. The highest BCUT2D eigenvalue weighted by atomic mass is 16.5. The molecule has 2 aliphatic carbocycles. The average molecular weight is 384 g/mol. The molecule has 1 heterocycles. The van der Waals surface area contributed by atoms with Crippen molar-refractivity contribution in [3.8, 4) is 0 Å². The summed E-state index contributed by atoms with van der Waals surface area (Å²) in [6.45, 7) is 8.41. The van der Waals surface area contributed by atoms with E-state index in [2.05, 4.69) is 37.1 Å². The van der Waals surface area contributed by atoms with Gasteiger partial charge in [0.2, 0.25) is 5.56 Å². The van der Waals surface area contributed by atoms with Crippen LogP contribution in [0.15, 0.2) is 46.8 Å². The van der Waals surface area contributed by atoms with Crippen LogP contribution >= 0.6 is 0 Å². The van der Waals surface area contributed by atoms with E-state index < -0.39 is 0 Å². The molecule has 6 atom stereocenters. The van der Waals surface area contributed by atoms with Gasteiger partial charge in [0.05, 0.1) is 5.92 Å². The Morgan fingerprint density at radius 1 is 1.32 bits per heavy atom. The summed E-state index contributed by atoms with van der Waals surface area (Å²) in [6.07, 6.45) is 10.3. The van der Waals surface area contributed by atoms with Gasteiger partial charge in [-0.3, -0.25) is 9.59 Å². The van der Waals surface area contributed by atoms with Crippen molar-refractivity contribution in [1.29, 1.82) is 0 Å². The average Bonchev–Trinajstić information content (AvgIpc) is 2.66. The van der Waals surface area contributed by atoms with Crippen LogP contribution in [0.1, 0.15) is 52.7 Å². The van der Waals surface area contributed by atoms with Gasteiger partial charge in [0.15, 0.2) is 0 Å². The molecule has 1 N–H and O–H groups in total. The maximum Gasteiger partial charge on any atom is 0.308 e. The molecule has 1 aromatic heterocycles. The van der Waals surface area contributed by atoms with Crippen LogP contribution < -0.4 is 5.56 Å². The molecule has 4 nitrogen and oxygen atoms in total. The van der Waals surface area contributed by atoms with Gasteiger partial charge in [-0.15, -0.1) is 0 Å². The van der Waals surface area contributed by atoms with Gasteiger partial charge in [0.1, 0.15) is 6.10 Å². The fourth-order valence-electron chi connectivity index (χ4n) is 4.61. The normalized spacial score (nSPS) is 30.3. The van der Waals surface area contributed by atoms with Gasteiger partial charge in [-0.05, 0) is 55.1 Å². The minimum absolute atomic E-state index is 0.0541. The number of aromatic nitrogens is 1. The second kappa shape index (κ2) is 8.93. The summed E-state index contributed by atoms with van der Waals surface area (Å²) in [5.74, 6) is 1.31. The Morgan fingerprint density at radius 2 is 2.11 bits per heavy atom. The second-order valence-corrected chi connectivity index (χ2v) is 8.65. The van der Waals surface area contributed by atoms with Gasteiger partial charge >= 0.3 is 5.97 Å². The molecule has 28 heavy (non-hydrogen) atoms. The molecular weight excluding hydrogens is 350 g/mol. The van der Waals surface area contributed by atoms with Crippen LogP contribution in [0.5, 0.6) is 0 Å². The number of rotatable bonds is 6. The lowest BCUT2D eigenvalue weighted by atomic mass is 9.65. The zero-order valence-electron chi connectivity index (χ0n) is 17.5. The minimum atomic E-state index is -0.0747. The maximum atomic E-state index is 12.5. The summed E-state index contributed by atoms with van der Waals surface area (Å²) >= 11 is 0. The van der Waals surface area contributed by atoms with Crippen LogP contribution in [0.3, 0.4) is 0 Å². The summed E-state index contributed by atoms with van der Waals surface area (Å²) in [6, 6.07) is 5.33. The Balaban J connectivity index is 1.81. The van der Waals surface area contributed by atoms with E-state index >= 15 is 0 Å². The fourth-order valence-corrected chi connectivity index (χ4v) is 4.61. The topological polar surface area (TPSA) is 59.2 Å². The number of aryl methyl sites for hydroxylation is 1. The van der Waals surface area contributed by atoms with E-state index in [0.29, 0.717) is 17.8 Å². The van der Waals surface area contributed by atoms with E-state index in [1.54, 1.807) is 6.07 Å². The minimum Gasteiger partial charge on any atom is -0.461 e. The molecule has 6 unspecified atom stereocenters. The van der Waals surface area contributed by atoms with Gasteiger partial charge in [-0.2, -0.15) is 0 Å². The zero-order chi connectivity index (χ0) is 20.3. The number of esters is 1. The number of fused-ring (bicyclic) bond motifs is 1. The van der Waals surface area contributed by atoms with Crippen molar-refractivity contribution in [2.45, 2.75) is 59.5 Å². The lowest BCUT2D eigenvalue weighted by molar-refractivity contribution is -0.158. The molecule has 0 saturated carbocycles. The molecule has 0 spiro atoms. The fraction of sp³-hybridized carbons (Fsp3) is 0.583. The highest BCUT2D eigenvalue weighted by Crippen LogP contribution is 2.44.